The Morgan fingerprint density at radius 2 is 1.74 bits per heavy atom. The normalized spacial score (nSPS) is 14.5. The highest BCUT2D eigenvalue weighted by atomic mass is 16.6. The molecule has 0 atom stereocenters. The van der Waals surface area contributed by atoms with Crippen LogP contribution >= 0.6 is 0 Å². The molecule has 1 heterocycles. The molecule has 0 unspecified atom stereocenters. The van der Waals surface area contributed by atoms with Crippen molar-refractivity contribution >= 4 is 12.0 Å². The molecule has 0 bridgehead atoms. The van der Waals surface area contributed by atoms with Gasteiger partial charge in [0.25, 0.3) is 0 Å². The molecule has 0 aromatic heterocycles. The minimum absolute atomic E-state index is 0.00107. The average molecular weight is 379 g/mol. The van der Waals surface area contributed by atoms with Crippen molar-refractivity contribution in [1.82, 2.24) is 15.1 Å². The number of ether oxygens (including phenoxy) is 3. The Hall–Kier alpha value is -2.48. The lowest BCUT2D eigenvalue weighted by atomic mass is 10.3. The number of nitrogens with zero attached hydrogens (tertiary/aromatic N) is 2. The summed E-state index contributed by atoms with van der Waals surface area (Å²) in [5, 5.41) is 2.86. The molecule has 0 radical (unpaired) electrons. The number of amides is 2. The zero-order valence-corrected chi connectivity index (χ0v) is 16.1. The molecule has 0 aliphatic carbocycles. The first kappa shape index (κ1) is 20.8. The molecule has 8 heteroatoms. The van der Waals surface area contributed by atoms with Crippen LogP contribution in [0.15, 0.2) is 24.3 Å². The zero-order valence-electron chi connectivity index (χ0n) is 16.1. The van der Waals surface area contributed by atoms with Crippen LogP contribution in [0.4, 0.5) is 4.79 Å². The van der Waals surface area contributed by atoms with Gasteiger partial charge in [0.15, 0.2) is 0 Å². The third kappa shape index (κ3) is 7.34. The summed E-state index contributed by atoms with van der Waals surface area (Å²) in [7, 11) is 1.62. The Balaban J connectivity index is 1.54. The maximum atomic E-state index is 11.9. The van der Waals surface area contributed by atoms with Crippen LogP contribution in [0.2, 0.25) is 0 Å². The van der Waals surface area contributed by atoms with Crippen LogP contribution < -0.4 is 14.8 Å². The van der Waals surface area contributed by atoms with Crippen LogP contribution in [-0.4, -0.2) is 81.4 Å². The number of hydrogen-bond donors (Lipinski definition) is 1. The molecule has 0 spiro atoms. The number of rotatable bonds is 9. The molecule has 1 aliphatic rings. The van der Waals surface area contributed by atoms with Gasteiger partial charge in [-0.15, -0.1) is 0 Å². The Bertz CT molecular complexity index is 586. The van der Waals surface area contributed by atoms with Crippen LogP contribution in [-0.2, 0) is 9.53 Å². The van der Waals surface area contributed by atoms with Crippen molar-refractivity contribution in [2.24, 2.45) is 0 Å². The minimum Gasteiger partial charge on any atom is -0.497 e. The SMILES string of the molecule is CCOC(=O)N1CCN(CCC(=O)NCCOc2ccc(OC)cc2)CC1. The Labute approximate surface area is 160 Å². The highest BCUT2D eigenvalue weighted by molar-refractivity contribution is 5.76. The van der Waals surface area contributed by atoms with Gasteiger partial charge in [-0.3, -0.25) is 9.69 Å². The predicted octanol–water partition coefficient (Wildman–Crippen LogP) is 1.35. The van der Waals surface area contributed by atoms with Crippen LogP contribution in [0, 0.1) is 0 Å². The first-order chi connectivity index (χ1) is 13.1. The fraction of sp³-hybridized carbons (Fsp3) is 0.579. The first-order valence-corrected chi connectivity index (χ1v) is 9.30. The van der Waals surface area contributed by atoms with E-state index in [0.29, 0.717) is 45.8 Å². The van der Waals surface area contributed by atoms with Crippen molar-refractivity contribution < 1.29 is 23.8 Å². The van der Waals surface area contributed by atoms with Crippen molar-refractivity contribution in [3.05, 3.63) is 24.3 Å². The third-order valence-electron chi connectivity index (χ3n) is 4.31. The number of methoxy groups -OCH3 is 1. The van der Waals surface area contributed by atoms with Crippen molar-refractivity contribution in [2.75, 3.05) is 59.6 Å². The van der Waals surface area contributed by atoms with Gasteiger partial charge < -0.3 is 24.4 Å². The quantitative estimate of drug-likeness (QED) is 0.653. The Morgan fingerprint density at radius 3 is 2.37 bits per heavy atom. The van der Waals surface area contributed by atoms with E-state index in [9.17, 15) is 9.59 Å². The van der Waals surface area contributed by atoms with E-state index in [2.05, 4.69) is 10.2 Å². The molecule has 27 heavy (non-hydrogen) atoms. The second-order valence-corrected chi connectivity index (χ2v) is 6.15. The number of benzene rings is 1. The molecule has 2 rings (SSSR count). The van der Waals surface area contributed by atoms with Gasteiger partial charge in [-0.05, 0) is 31.2 Å². The van der Waals surface area contributed by atoms with E-state index in [1.165, 1.54) is 0 Å². The van der Waals surface area contributed by atoms with E-state index in [1.54, 1.807) is 18.9 Å². The fourth-order valence-electron chi connectivity index (χ4n) is 2.75. The maximum Gasteiger partial charge on any atom is 0.409 e. The molecular formula is C19H29N3O5. The number of carbonyl (C=O) groups excluding carboxylic acids is 2. The summed E-state index contributed by atoms with van der Waals surface area (Å²) in [6, 6.07) is 7.32. The van der Waals surface area contributed by atoms with Gasteiger partial charge in [0.1, 0.15) is 18.1 Å². The molecule has 150 valence electrons. The van der Waals surface area contributed by atoms with Gasteiger partial charge in [0.05, 0.1) is 20.3 Å². The van der Waals surface area contributed by atoms with Gasteiger partial charge in [0, 0.05) is 39.1 Å². The largest absolute Gasteiger partial charge is 0.497 e. The molecule has 1 aromatic rings. The lowest BCUT2D eigenvalue weighted by molar-refractivity contribution is -0.121. The van der Waals surface area contributed by atoms with Gasteiger partial charge in [-0.25, -0.2) is 4.79 Å². The molecule has 1 N–H and O–H groups in total. The van der Waals surface area contributed by atoms with E-state index in [4.69, 9.17) is 14.2 Å². The molecule has 1 aromatic carbocycles. The van der Waals surface area contributed by atoms with Crippen LogP contribution in [0.5, 0.6) is 11.5 Å². The summed E-state index contributed by atoms with van der Waals surface area (Å²) in [4.78, 5) is 27.5. The van der Waals surface area contributed by atoms with Crippen LogP contribution in [0.3, 0.4) is 0 Å². The van der Waals surface area contributed by atoms with E-state index >= 15 is 0 Å². The van der Waals surface area contributed by atoms with Gasteiger partial charge in [-0.1, -0.05) is 0 Å². The van der Waals surface area contributed by atoms with E-state index in [-0.39, 0.29) is 12.0 Å². The standard InChI is InChI=1S/C19H29N3O5/c1-3-26-19(24)22-13-11-21(12-14-22)10-8-18(23)20-9-15-27-17-6-4-16(25-2)5-7-17/h4-7H,3,8-15H2,1-2H3,(H,20,23). The van der Waals surface area contributed by atoms with Gasteiger partial charge in [-0.2, -0.15) is 0 Å². The fourth-order valence-corrected chi connectivity index (χ4v) is 2.75. The van der Waals surface area contributed by atoms with Gasteiger partial charge in [0.2, 0.25) is 5.91 Å². The lowest BCUT2D eigenvalue weighted by Crippen LogP contribution is -2.49. The first-order valence-electron chi connectivity index (χ1n) is 9.30. The molecule has 1 fully saturated rings. The smallest absolute Gasteiger partial charge is 0.409 e. The Morgan fingerprint density at radius 1 is 1.07 bits per heavy atom. The molecule has 0 saturated carbocycles. The summed E-state index contributed by atoms with van der Waals surface area (Å²) in [5.41, 5.74) is 0. The van der Waals surface area contributed by atoms with Crippen LogP contribution in [0.25, 0.3) is 0 Å². The number of piperazine rings is 1. The highest BCUT2D eigenvalue weighted by Crippen LogP contribution is 2.16. The summed E-state index contributed by atoms with van der Waals surface area (Å²) < 4.78 is 15.7. The Kier molecular flexibility index (Phi) is 8.70. The second kappa shape index (κ2) is 11.3. The van der Waals surface area contributed by atoms with E-state index in [1.807, 2.05) is 24.3 Å². The average Bonchev–Trinajstić information content (AvgIpc) is 2.70. The van der Waals surface area contributed by atoms with E-state index in [0.717, 1.165) is 24.6 Å². The number of carbonyl (C=O) groups is 2. The number of nitrogens with one attached hydrogen (secondary N) is 1. The van der Waals surface area contributed by atoms with Crippen molar-refractivity contribution in [2.45, 2.75) is 13.3 Å². The molecule has 8 nitrogen and oxygen atoms in total. The van der Waals surface area contributed by atoms with E-state index < -0.39 is 0 Å². The monoisotopic (exact) mass is 379 g/mol. The second-order valence-electron chi connectivity index (χ2n) is 6.15. The third-order valence-corrected chi connectivity index (χ3v) is 4.31. The van der Waals surface area contributed by atoms with Crippen molar-refractivity contribution in [3.8, 4) is 11.5 Å². The molecule has 1 aliphatic heterocycles. The maximum absolute atomic E-state index is 11.9. The molecule has 2 amide bonds. The lowest BCUT2D eigenvalue weighted by Gasteiger charge is -2.33. The molecule has 1 saturated heterocycles. The van der Waals surface area contributed by atoms with Crippen LogP contribution in [0.1, 0.15) is 13.3 Å². The van der Waals surface area contributed by atoms with Crippen molar-refractivity contribution in [1.29, 1.82) is 0 Å². The summed E-state index contributed by atoms with van der Waals surface area (Å²) in [6.07, 6.45) is 0.175. The summed E-state index contributed by atoms with van der Waals surface area (Å²) in [6.45, 7) is 6.53. The zero-order chi connectivity index (χ0) is 19.5. The number of hydrogen-bond acceptors (Lipinski definition) is 6. The van der Waals surface area contributed by atoms with Gasteiger partial charge >= 0.3 is 6.09 Å². The minimum atomic E-state index is -0.258. The predicted molar refractivity (Wildman–Crippen MR) is 101 cm³/mol. The molecular weight excluding hydrogens is 350 g/mol. The van der Waals surface area contributed by atoms with Crippen molar-refractivity contribution in [3.63, 3.8) is 0 Å². The summed E-state index contributed by atoms with van der Waals surface area (Å²) >= 11 is 0. The topological polar surface area (TPSA) is 80.3 Å². The highest BCUT2D eigenvalue weighted by Gasteiger charge is 2.21. The summed E-state index contributed by atoms with van der Waals surface area (Å²) in [5.74, 6) is 1.52.